The minimum absolute atomic E-state index is 0.960. The third kappa shape index (κ3) is 5.55. The van der Waals surface area contributed by atoms with E-state index in [1.807, 2.05) is 0 Å². The van der Waals surface area contributed by atoms with Crippen LogP contribution in [0.15, 0.2) is 0 Å². The molecule has 0 bridgehead atoms. The molecule has 0 aliphatic heterocycles. The van der Waals surface area contributed by atoms with Gasteiger partial charge in [-0.25, -0.2) is 0 Å². The average molecular weight is 211 g/mol. The predicted molar refractivity (Wildman–Crippen MR) is 68.1 cm³/mol. The number of hydrogen-bond donors (Lipinski definition) is 1. The van der Waals surface area contributed by atoms with Gasteiger partial charge in [0, 0.05) is 0 Å². The van der Waals surface area contributed by atoms with Gasteiger partial charge in [0.1, 0.15) is 0 Å². The lowest BCUT2D eigenvalue weighted by atomic mass is 9.80. The summed E-state index contributed by atoms with van der Waals surface area (Å²) in [5.74, 6) is 1.92. The Morgan fingerprint density at radius 2 is 1.87 bits per heavy atom. The van der Waals surface area contributed by atoms with Crippen LogP contribution in [0.4, 0.5) is 0 Å². The van der Waals surface area contributed by atoms with E-state index in [0.29, 0.717) is 0 Å². The van der Waals surface area contributed by atoms with Crippen LogP contribution in [0.3, 0.4) is 0 Å². The van der Waals surface area contributed by atoms with Crippen molar-refractivity contribution in [2.75, 3.05) is 13.1 Å². The van der Waals surface area contributed by atoms with Crippen molar-refractivity contribution < 1.29 is 0 Å². The van der Waals surface area contributed by atoms with Gasteiger partial charge in [-0.2, -0.15) is 0 Å². The summed E-state index contributed by atoms with van der Waals surface area (Å²) in [5, 5.41) is 3.64. The van der Waals surface area contributed by atoms with E-state index in [0.717, 1.165) is 11.8 Å². The maximum atomic E-state index is 3.64. The molecule has 1 fully saturated rings. The van der Waals surface area contributed by atoms with Crippen LogP contribution in [0.1, 0.15) is 65.2 Å². The average Bonchev–Trinajstić information content (AvgIpc) is 2.25. The molecular weight excluding hydrogens is 182 g/mol. The van der Waals surface area contributed by atoms with Gasteiger partial charge >= 0.3 is 0 Å². The fourth-order valence-electron chi connectivity index (χ4n) is 2.66. The molecule has 1 saturated carbocycles. The molecule has 2 unspecified atom stereocenters. The fraction of sp³-hybridized carbons (Fsp3) is 1.00. The summed E-state index contributed by atoms with van der Waals surface area (Å²) in [6.07, 6.45) is 11.4. The molecule has 1 aliphatic rings. The van der Waals surface area contributed by atoms with E-state index in [1.54, 1.807) is 0 Å². The molecular formula is C14H29N. The lowest BCUT2D eigenvalue weighted by molar-refractivity contribution is 0.248. The fourth-order valence-corrected chi connectivity index (χ4v) is 2.66. The van der Waals surface area contributed by atoms with Crippen molar-refractivity contribution >= 4 is 0 Å². The van der Waals surface area contributed by atoms with Crippen molar-refractivity contribution in [2.24, 2.45) is 11.8 Å². The largest absolute Gasteiger partial charge is 0.316 e. The van der Waals surface area contributed by atoms with E-state index < -0.39 is 0 Å². The molecule has 1 aliphatic carbocycles. The second kappa shape index (κ2) is 8.15. The molecule has 0 heterocycles. The first-order valence-electron chi connectivity index (χ1n) is 7.05. The molecule has 90 valence electrons. The zero-order valence-electron chi connectivity index (χ0n) is 10.7. The zero-order valence-corrected chi connectivity index (χ0v) is 10.7. The summed E-state index contributed by atoms with van der Waals surface area (Å²) in [4.78, 5) is 0. The third-order valence-corrected chi connectivity index (χ3v) is 3.90. The first-order valence-corrected chi connectivity index (χ1v) is 7.05. The summed E-state index contributed by atoms with van der Waals surface area (Å²) < 4.78 is 0. The smallest absolute Gasteiger partial charge is 0.00180 e. The van der Waals surface area contributed by atoms with E-state index in [2.05, 4.69) is 19.2 Å². The molecule has 0 aromatic carbocycles. The quantitative estimate of drug-likeness (QED) is 0.628. The van der Waals surface area contributed by atoms with E-state index in [9.17, 15) is 0 Å². The van der Waals surface area contributed by atoms with Crippen LogP contribution in [0.5, 0.6) is 0 Å². The van der Waals surface area contributed by atoms with Crippen molar-refractivity contribution in [3.8, 4) is 0 Å². The Kier molecular flexibility index (Phi) is 7.08. The molecule has 15 heavy (non-hydrogen) atoms. The standard InChI is InChI=1S/C14H29N/c1-3-4-5-8-11-15-12-14-10-7-6-9-13(14)2/h13-15H,3-12H2,1-2H3. The number of nitrogens with one attached hydrogen (secondary N) is 1. The van der Waals surface area contributed by atoms with Crippen LogP contribution in [0.2, 0.25) is 0 Å². The Morgan fingerprint density at radius 1 is 1.07 bits per heavy atom. The molecule has 0 aromatic rings. The first kappa shape index (κ1) is 13.0. The van der Waals surface area contributed by atoms with Gasteiger partial charge in [0.2, 0.25) is 0 Å². The topological polar surface area (TPSA) is 12.0 Å². The predicted octanol–water partition coefficient (Wildman–Crippen LogP) is 3.98. The Morgan fingerprint density at radius 3 is 2.60 bits per heavy atom. The zero-order chi connectivity index (χ0) is 10.9. The highest BCUT2D eigenvalue weighted by atomic mass is 14.9. The normalized spacial score (nSPS) is 26.8. The van der Waals surface area contributed by atoms with E-state index in [4.69, 9.17) is 0 Å². The first-order chi connectivity index (χ1) is 7.34. The van der Waals surface area contributed by atoms with Crippen LogP contribution in [0, 0.1) is 11.8 Å². The minimum Gasteiger partial charge on any atom is -0.316 e. The molecule has 1 N–H and O–H groups in total. The highest BCUT2D eigenvalue weighted by Gasteiger charge is 2.20. The molecule has 1 heteroatoms. The van der Waals surface area contributed by atoms with Gasteiger partial charge in [-0.05, 0) is 37.8 Å². The molecule has 0 amide bonds. The summed E-state index contributed by atoms with van der Waals surface area (Å²) in [6, 6.07) is 0. The summed E-state index contributed by atoms with van der Waals surface area (Å²) >= 11 is 0. The van der Waals surface area contributed by atoms with Crippen molar-refractivity contribution in [1.29, 1.82) is 0 Å². The highest BCUT2D eigenvalue weighted by Crippen LogP contribution is 2.28. The molecule has 0 saturated heterocycles. The number of hydrogen-bond acceptors (Lipinski definition) is 1. The maximum Gasteiger partial charge on any atom is -0.00180 e. The van der Waals surface area contributed by atoms with Gasteiger partial charge < -0.3 is 5.32 Å². The molecule has 0 radical (unpaired) electrons. The Bertz CT molecular complexity index is 144. The maximum absolute atomic E-state index is 3.64. The van der Waals surface area contributed by atoms with Gasteiger partial charge in [-0.1, -0.05) is 52.4 Å². The van der Waals surface area contributed by atoms with Gasteiger partial charge in [-0.15, -0.1) is 0 Å². The number of rotatable bonds is 7. The molecule has 0 spiro atoms. The van der Waals surface area contributed by atoms with E-state index in [-0.39, 0.29) is 0 Å². The Balaban J connectivity index is 1.94. The Hall–Kier alpha value is -0.0400. The minimum atomic E-state index is 0.960. The van der Waals surface area contributed by atoms with Crippen LogP contribution in [-0.2, 0) is 0 Å². The summed E-state index contributed by atoms with van der Waals surface area (Å²) in [6.45, 7) is 7.22. The van der Waals surface area contributed by atoms with Crippen LogP contribution in [0.25, 0.3) is 0 Å². The van der Waals surface area contributed by atoms with Crippen molar-refractivity contribution in [3.63, 3.8) is 0 Å². The lowest BCUT2D eigenvalue weighted by Gasteiger charge is -2.28. The third-order valence-electron chi connectivity index (χ3n) is 3.90. The van der Waals surface area contributed by atoms with Crippen LogP contribution < -0.4 is 5.32 Å². The van der Waals surface area contributed by atoms with Crippen molar-refractivity contribution in [1.82, 2.24) is 5.32 Å². The van der Waals surface area contributed by atoms with E-state index >= 15 is 0 Å². The lowest BCUT2D eigenvalue weighted by Crippen LogP contribution is -2.29. The molecule has 1 rings (SSSR count). The van der Waals surface area contributed by atoms with Crippen molar-refractivity contribution in [3.05, 3.63) is 0 Å². The van der Waals surface area contributed by atoms with Gasteiger partial charge in [0.25, 0.3) is 0 Å². The summed E-state index contributed by atoms with van der Waals surface area (Å²) in [5.41, 5.74) is 0. The Labute approximate surface area is 96.0 Å². The second-order valence-corrected chi connectivity index (χ2v) is 5.29. The van der Waals surface area contributed by atoms with Crippen LogP contribution in [-0.4, -0.2) is 13.1 Å². The van der Waals surface area contributed by atoms with Crippen molar-refractivity contribution in [2.45, 2.75) is 65.2 Å². The molecule has 1 nitrogen and oxygen atoms in total. The SMILES string of the molecule is CCCCCCNCC1CCCCC1C. The van der Waals surface area contributed by atoms with E-state index in [1.165, 1.54) is 64.5 Å². The molecule has 2 atom stereocenters. The second-order valence-electron chi connectivity index (χ2n) is 5.29. The summed E-state index contributed by atoms with van der Waals surface area (Å²) in [7, 11) is 0. The number of unbranched alkanes of at least 4 members (excludes halogenated alkanes) is 3. The highest BCUT2D eigenvalue weighted by molar-refractivity contribution is 4.73. The molecule has 0 aromatic heterocycles. The van der Waals surface area contributed by atoms with Gasteiger partial charge in [-0.3, -0.25) is 0 Å². The van der Waals surface area contributed by atoms with Crippen LogP contribution >= 0.6 is 0 Å². The monoisotopic (exact) mass is 211 g/mol. The van der Waals surface area contributed by atoms with Gasteiger partial charge in [0.05, 0.1) is 0 Å². The van der Waals surface area contributed by atoms with Gasteiger partial charge in [0.15, 0.2) is 0 Å².